The van der Waals surface area contributed by atoms with Gasteiger partial charge >= 0.3 is 5.97 Å². The van der Waals surface area contributed by atoms with Gasteiger partial charge in [-0.2, -0.15) is 5.26 Å². The Kier molecular flexibility index (Phi) is 7.53. The minimum absolute atomic E-state index is 0.00972. The molecule has 9 heteroatoms. The summed E-state index contributed by atoms with van der Waals surface area (Å²) >= 11 is 11.8. The van der Waals surface area contributed by atoms with Crippen LogP contribution >= 0.6 is 23.2 Å². The molecule has 0 saturated carbocycles. The van der Waals surface area contributed by atoms with Gasteiger partial charge in [-0.3, -0.25) is 4.79 Å². The van der Waals surface area contributed by atoms with E-state index in [0.717, 1.165) is 0 Å². The second-order valence-corrected chi connectivity index (χ2v) is 7.32. The summed E-state index contributed by atoms with van der Waals surface area (Å²) in [7, 11) is 1.42. The Morgan fingerprint density at radius 2 is 1.84 bits per heavy atom. The average Bonchev–Trinajstić information content (AvgIpc) is 2.80. The van der Waals surface area contributed by atoms with Crippen LogP contribution in [0.4, 0.5) is 0 Å². The van der Waals surface area contributed by atoms with Gasteiger partial charge in [0.25, 0.3) is 5.91 Å². The number of nitriles is 1. The van der Waals surface area contributed by atoms with Crippen molar-refractivity contribution in [2.75, 3.05) is 33.4 Å². The molecule has 0 radical (unpaired) electrons. The summed E-state index contributed by atoms with van der Waals surface area (Å²) in [6, 6.07) is 11.1. The Balaban J connectivity index is 1.80. The molecule has 0 aliphatic carbocycles. The minimum Gasteiger partial charge on any atom is -0.493 e. The summed E-state index contributed by atoms with van der Waals surface area (Å²) in [4.78, 5) is 26.6. The number of benzene rings is 2. The van der Waals surface area contributed by atoms with Crippen LogP contribution in [0.25, 0.3) is 6.08 Å². The summed E-state index contributed by atoms with van der Waals surface area (Å²) in [5.74, 6) is -0.563. The molecule has 31 heavy (non-hydrogen) atoms. The monoisotopic (exact) mass is 460 g/mol. The first-order valence-corrected chi connectivity index (χ1v) is 10.0. The zero-order valence-corrected chi connectivity index (χ0v) is 18.1. The van der Waals surface area contributed by atoms with Crippen LogP contribution in [-0.2, 0) is 9.53 Å². The number of carbonyl (C=O) groups is 2. The number of rotatable bonds is 5. The predicted molar refractivity (Wildman–Crippen MR) is 115 cm³/mol. The number of amides is 1. The van der Waals surface area contributed by atoms with Crippen molar-refractivity contribution in [3.05, 3.63) is 63.1 Å². The van der Waals surface area contributed by atoms with Crippen LogP contribution in [0.15, 0.2) is 42.0 Å². The highest BCUT2D eigenvalue weighted by molar-refractivity contribution is 6.42. The smallest absolute Gasteiger partial charge is 0.343 e. The number of hydrogen-bond acceptors (Lipinski definition) is 6. The van der Waals surface area contributed by atoms with Crippen LogP contribution in [0, 0.1) is 11.3 Å². The molecule has 3 rings (SSSR count). The van der Waals surface area contributed by atoms with Crippen molar-refractivity contribution in [2.45, 2.75) is 0 Å². The van der Waals surface area contributed by atoms with E-state index < -0.39 is 5.97 Å². The molecule has 1 amide bonds. The van der Waals surface area contributed by atoms with Crippen LogP contribution < -0.4 is 9.47 Å². The minimum atomic E-state index is -0.639. The van der Waals surface area contributed by atoms with Gasteiger partial charge in [-0.1, -0.05) is 29.3 Å². The van der Waals surface area contributed by atoms with Crippen molar-refractivity contribution in [1.29, 1.82) is 5.26 Å². The number of nitrogens with zero attached hydrogens (tertiary/aromatic N) is 2. The average molecular weight is 461 g/mol. The SMILES string of the molecule is COc1cc(/C=C(\C#N)C(=O)N2CCOCC2)ccc1OC(=O)c1ccc(Cl)c(Cl)c1. The van der Waals surface area contributed by atoms with Crippen molar-refractivity contribution >= 4 is 41.2 Å². The van der Waals surface area contributed by atoms with Crippen LogP contribution in [0.2, 0.25) is 10.0 Å². The van der Waals surface area contributed by atoms with Crippen molar-refractivity contribution in [2.24, 2.45) is 0 Å². The number of methoxy groups -OCH3 is 1. The fraction of sp³-hybridized carbons (Fsp3) is 0.227. The lowest BCUT2D eigenvalue weighted by Crippen LogP contribution is -2.41. The zero-order valence-electron chi connectivity index (χ0n) is 16.6. The first kappa shape index (κ1) is 22.6. The van der Waals surface area contributed by atoms with E-state index in [0.29, 0.717) is 36.9 Å². The number of halogens is 2. The molecule has 1 heterocycles. The second-order valence-electron chi connectivity index (χ2n) is 6.50. The number of morpholine rings is 1. The lowest BCUT2D eigenvalue weighted by molar-refractivity contribution is -0.130. The molecule has 0 atom stereocenters. The maximum absolute atomic E-state index is 12.6. The highest BCUT2D eigenvalue weighted by Gasteiger charge is 2.21. The molecule has 1 aliphatic heterocycles. The molecule has 1 aliphatic rings. The summed E-state index contributed by atoms with van der Waals surface area (Å²) in [6.07, 6.45) is 1.46. The number of esters is 1. The predicted octanol–water partition coefficient (Wildman–Crippen LogP) is 3.99. The van der Waals surface area contributed by atoms with Crippen LogP contribution in [0.3, 0.4) is 0 Å². The van der Waals surface area contributed by atoms with Gasteiger partial charge < -0.3 is 19.1 Å². The van der Waals surface area contributed by atoms with E-state index >= 15 is 0 Å². The van der Waals surface area contributed by atoms with Crippen molar-refractivity contribution in [3.63, 3.8) is 0 Å². The van der Waals surface area contributed by atoms with Crippen LogP contribution in [0.1, 0.15) is 15.9 Å². The molecule has 0 bridgehead atoms. The molecule has 160 valence electrons. The molecule has 0 N–H and O–H groups in total. The molecule has 2 aromatic carbocycles. The van der Waals surface area contributed by atoms with E-state index in [1.54, 1.807) is 17.0 Å². The molecule has 0 aromatic heterocycles. The third kappa shape index (κ3) is 5.56. The number of carbonyl (C=O) groups excluding carboxylic acids is 2. The van der Waals surface area contributed by atoms with Crippen LogP contribution in [0.5, 0.6) is 11.5 Å². The molecule has 1 saturated heterocycles. The lowest BCUT2D eigenvalue weighted by atomic mass is 10.1. The fourth-order valence-electron chi connectivity index (χ4n) is 2.89. The Bertz CT molecular complexity index is 1070. The molecule has 1 fully saturated rings. The fourth-order valence-corrected chi connectivity index (χ4v) is 3.18. The van der Waals surface area contributed by atoms with Crippen LogP contribution in [-0.4, -0.2) is 50.2 Å². The summed E-state index contributed by atoms with van der Waals surface area (Å²) in [5, 5.41) is 10.00. The topological polar surface area (TPSA) is 88.9 Å². The lowest BCUT2D eigenvalue weighted by Gasteiger charge is -2.26. The number of ether oxygens (including phenoxy) is 3. The van der Waals surface area contributed by atoms with E-state index in [2.05, 4.69) is 0 Å². The Morgan fingerprint density at radius 3 is 2.48 bits per heavy atom. The van der Waals surface area contributed by atoms with Crippen molar-refractivity contribution < 1.29 is 23.8 Å². The van der Waals surface area contributed by atoms with Gasteiger partial charge in [0.15, 0.2) is 11.5 Å². The van der Waals surface area contributed by atoms with Gasteiger partial charge in [-0.15, -0.1) is 0 Å². The highest BCUT2D eigenvalue weighted by Crippen LogP contribution is 2.30. The van der Waals surface area contributed by atoms with E-state index in [1.165, 1.54) is 37.5 Å². The van der Waals surface area contributed by atoms with Crippen molar-refractivity contribution in [1.82, 2.24) is 4.90 Å². The highest BCUT2D eigenvalue weighted by atomic mass is 35.5. The molecule has 0 spiro atoms. The first-order valence-electron chi connectivity index (χ1n) is 9.27. The molecule has 0 unspecified atom stereocenters. The van der Waals surface area contributed by atoms with Gasteiger partial charge in [-0.05, 0) is 42.0 Å². The van der Waals surface area contributed by atoms with Gasteiger partial charge in [0.05, 0.1) is 35.9 Å². The summed E-state index contributed by atoms with van der Waals surface area (Å²) in [5.41, 5.74) is 0.761. The Labute approximate surface area is 189 Å². The molecule has 2 aromatic rings. The third-order valence-corrected chi connectivity index (χ3v) is 5.24. The standard InChI is InChI=1S/C22H18Cl2N2O5/c1-29-20-11-14(10-16(13-25)21(27)26-6-8-30-9-7-26)2-5-19(20)31-22(28)15-3-4-17(23)18(24)12-15/h2-5,10-12H,6-9H2,1H3/b16-10+. The maximum Gasteiger partial charge on any atom is 0.343 e. The normalized spacial score (nSPS) is 14.0. The molecule has 7 nitrogen and oxygen atoms in total. The summed E-state index contributed by atoms with van der Waals surface area (Å²) < 4.78 is 15.9. The van der Waals surface area contributed by atoms with E-state index in [-0.39, 0.29) is 33.6 Å². The van der Waals surface area contributed by atoms with Gasteiger partial charge in [0.2, 0.25) is 0 Å². The summed E-state index contributed by atoms with van der Waals surface area (Å²) in [6.45, 7) is 1.75. The van der Waals surface area contributed by atoms with Crippen molar-refractivity contribution in [3.8, 4) is 17.6 Å². The molecular weight excluding hydrogens is 443 g/mol. The van der Waals surface area contributed by atoms with Gasteiger partial charge in [0, 0.05) is 13.1 Å². The quantitative estimate of drug-likeness (QED) is 0.290. The van der Waals surface area contributed by atoms with E-state index in [1.807, 2.05) is 6.07 Å². The Morgan fingerprint density at radius 1 is 1.10 bits per heavy atom. The third-order valence-electron chi connectivity index (χ3n) is 4.51. The second kappa shape index (κ2) is 10.3. The first-order chi connectivity index (χ1) is 14.9. The van der Waals surface area contributed by atoms with Gasteiger partial charge in [0.1, 0.15) is 11.6 Å². The van der Waals surface area contributed by atoms with E-state index in [4.69, 9.17) is 37.4 Å². The molecular formula is C22H18Cl2N2O5. The maximum atomic E-state index is 12.6. The van der Waals surface area contributed by atoms with E-state index in [9.17, 15) is 14.9 Å². The zero-order chi connectivity index (χ0) is 22.4. The van der Waals surface area contributed by atoms with Gasteiger partial charge in [-0.25, -0.2) is 4.79 Å². The number of hydrogen-bond donors (Lipinski definition) is 0. The largest absolute Gasteiger partial charge is 0.493 e. The Hall–Kier alpha value is -3.05.